The summed E-state index contributed by atoms with van der Waals surface area (Å²) in [6.07, 6.45) is 4.78. The number of nitrogens with one attached hydrogen (secondary N) is 1. The topological polar surface area (TPSA) is 103 Å². The lowest BCUT2D eigenvalue weighted by Gasteiger charge is -2.15. The van der Waals surface area contributed by atoms with Gasteiger partial charge in [-0.3, -0.25) is 4.68 Å². The Labute approximate surface area is 178 Å². The van der Waals surface area contributed by atoms with Crippen molar-refractivity contribution < 1.29 is 13.7 Å². The van der Waals surface area contributed by atoms with E-state index >= 15 is 0 Å². The molecule has 3 heterocycles. The molecular formula is C20H30N6O3S. The Morgan fingerprint density at radius 2 is 2.10 bits per heavy atom. The van der Waals surface area contributed by atoms with E-state index in [0.29, 0.717) is 35.5 Å². The minimum Gasteiger partial charge on any atom is -0.477 e. The number of hydrogen-bond donors (Lipinski definition) is 2. The van der Waals surface area contributed by atoms with Gasteiger partial charge in [-0.1, -0.05) is 27.7 Å². The molecule has 2 amide bonds. The number of thiol groups is 1. The van der Waals surface area contributed by atoms with Gasteiger partial charge in [0, 0.05) is 19.5 Å². The molecule has 2 aromatic heterocycles. The SMILES string of the molecule is CC(C)c1nn(CC2CC2)c(C(C)C)c1NC(=O)/N=[SH](=O)/c1cnn2c1OCCC2. The van der Waals surface area contributed by atoms with Crippen LogP contribution in [0.2, 0.25) is 0 Å². The molecule has 0 radical (unpaired) electrons. The van der Waals surface area contributed by atoms with Gasteiger partial charge in [-0.25, -0.2) is 13.7 Å². The van der Waals surface area contributed by atoms with Crippen molar-refractivity contribution in [3.05, 3.63) is 17.6 Å². The summed E-state index contributed by atoms with van der Waals surface area (Å²) >= 11 is 0. The fourth-order valence-corrected chi connectivity index (χ4v) is 4.57. The number of aromatic nitrogens is 4. The van der Waals surface area contributed by atoms with Crippen LogP contribution in [0.1, 0.15) is 70.2 Å². The van der Waals surface area contributed by atoms with E-state index in [1.165, 1.54) is 19.0 Å². The molecule has 1 aliphatic carbocycles. The van der Waals surface area contributed by atoms with Gasteiger partial charge in [0.25, 0.3) is 0 Å². The Hall–Kier alpha value is -2.36. The van der Waals surface area contributed by atoms with E-state index in [2.05, 4.69) is 42.5 Å². The van der Waals surface area contributed by atoms with Crippen molar-refractivity contribution in [2.45, 2.75) is 76.8 Å². The first-order chi connectivity index (χ1) is 14.3. The number of rotatable bonds is 6. The maximum Gasteiger partial charge on any atom is 0.353 e. The number of ether oxygens (including phenoxy) is 1. The van der Waals surface area contributed by atoms with E-state index in [4.69, 9.17) is 9.84 Å². The van der Waals surface area contributed by atoms with Gasteiger partial charge in [0.05, 0.1) is 40.5 Å². The lowest BCUT2D eigenvalue weighted by molar-refractivity contribution is 0.225. The highest BCUT2D eigenvalue weighted by Gasteiger charge is 2.28. The summed E-state index contributed by atoms with van der Waals surface area (Å²) in [6, 6.07) is -0.637. The largest absolute Gasteiger partial charge is 0.477 e. The molecule has 0 aromatic carbocycles. The first-order valence-electron chi connectivity index (χ1n) is 10.6. The van der Waals surface area contributed by atoms with Crippen molar-refractivity contribution >= 4 is 22.3 Å². The van der Waals surface area contributed by atoms with Gasteiger partial charge < -0.3 is 10.1 Å². The number of hydrogen-bond acceptors (Lipinski definition) is 5. The second kappa shape index (κ2) is 8.41. The van der Waals surface area contributed by atoms with Crippen LogP contribution in [0.3, 0.4) is 0 Å². The van der Waals surface area contributed by atoms with Crippen molar-refractivity contribution in [1.29, 1.82) is 0 Å². The van der Waals surface area contributed by atoms with Crippen molar-refractivity contribution in [2.24, 2.45) is 10.3 Å². The van der Waals surface area contributed by atoms with E-state index in [-0.39, 0.29) is 11.8 Å². The predicted molar refractivity (Wildman–Crippen MR) is 115 cm³/mol. The van der Waals surface area contributed by atoms with E-state index in [0.717, 1.165) is 24.4 Å². The monoisotopic (exact) mass is 434 g/mol. The van der Waals surface area contributed by atoms with Gasteiger partial charge in [-0.15, -0.1) is 4.36 Å². The standard InChI is InChI=1S/C20H30N6O3S/c1-12(2)16-17(18(13(3)4)26(23-16)11-14-6-7-14)22-20(27)24-30(28)15-10-21-25-8-5-9-29-19(15)25/h10,12-14,30H,5-9,11H2,1-4H3,(H,22,27). The van der Waals surface area contributed by atoms with Gasteiger partial charge >= 0.3 is 6.03 Å². The van der Waals surface area contributed by atoms with Crippen molar-refractivity contribution in [2.75, 3.05) is 11.9 Å². The molecule has 1 N–H and O–H groups in total. The van der Waals surface area contributed by atoms with E-state index in [1.807, 2.05) is 4.68 Å². The number of carbonyl (C=O) groups is 1. The van der Waals surface area contributed by atoms with E-state index < -0.39 is 16.6 Å². The number of anilines is 1. The Morgan fingerprint density at radius 3 is 2.77 bits per heavy atom. The molecule has 1 saturated carbocycles. The zero-order valence-electron chi connectivity index (χ0n) is 18.0. The van der Waals surface area contributed by atoms with Crippen LogP contribution in [0.25, 0.3) is 0 Å². The van der Waals surface area contributed by atoms with Gasteiger partial charge in [0.15, 0.2) is 0 Å². The van der Waals surface area contributed by atoms with Crippen LogP contribution in [0, 0.1) is 5.92 Å². The summed E-state index contributed by atoms with van der Waals surface area (Å²) in [5.74, 6) is 1.44. The molecule has 0 spiro atoms. The number of fused-ring (bicyclic) bond motifs is 1. The summed E-state index contributed by atoms with van der Waals surface area (Å²) in [5, 5.41) is 11.9. The zero-order valence-corrected chi connectivity index (χ0v) is 18.9. The first kappa shape index (κ1) is 20.9. The first-order valence-corrected chi connectivity index (χ1v) is 11.9. The van der Waals surface area contributed by atoms with Gasteiger partial charge in [0.2, 0.25) is 5.88 Å². The maximum absolute atomic E-state index is 12.7. The molecule has 1 fully saturated rings. The highest BCUT2D eigenvalue weighted by Crippen LogP contribution is 2.36. The number of carbonyl (C=O) groups excluding carboxylic acids is 1. The molecule has 1 unspecified atom stereocenters. The third-order valence-electron chi connectivity index (χ3n) is 5.39. The third kappa shape index (κ3) is 4.23. The fourth-order valence-electron chi connectivity index (χ4n) is 3.75. The van der Waals surface area contributed by atoms with Crippen molar-refractivity contribution in [1.82, 2.24) is 19.6 Å². The number of aryl methyl sites for hydroxylation is 1. The van der Waals surface area contributed by atoms with Crippen molar-refractivity contribution in [3.8, 4) is 5.88 Å². The quantitative estimate of drug-likeness (QED) is 0.674. The molecule has 0 saturated heterocycles. The summed E-state index contributed by atoms with van der Waals surface area (Å²) in [5.41, 5.74) is 2.53. The summed E-state index contributed by atoms with van der Waals surface area (Å²) in [4.78, 5) is 13.1. The van der Waals surface area contributed by atoms with Gasteiger partial charge in [-0.05, 0) is 30.6 Å². The molecule has 4 rings (SSSR count). The van der Waals surface area contributed by atoms with Crippen LogP contribution in [0.5, 0.6) is 5.88 Å². The van der Waals surface area contributed by atoms with Gasteiger partial charge in [-0.2, -0.15) is 10.2 Å². The van der Waals surface area contributed by atoms with Crippen molar-refractivity contribution in [3.63, 3.8) is 0 Å². The average molecular weight is 435 g/mol. The van der Waals surface area contributed by atoms with Crippen LogP contribution in [-0.4, -0.2) is 36.4 Å². The summed E-state index contributed by atoms with van der Waals surface area (Å²) in [7, 11) is -2.31. The van der Waals surface area contributed by atoms with E-state index in [1.54, 1.807) is 4.68 Å². The highest BCUT2D eigenvalue weighted by molar-refractivity contribution is 7.75. The molecule has 2 aliphatic rings. The van der Waals surface area contributed by atoms with Gasteiger partial charge in [0.1, 0.15) is 4.90 Å². The summed E-state index contributed by atoms with van der Waals surface area (Å²) in [6.45, 7) is 10.4. The maximum atomic E-state index is 12.7. The lowest BCUT2D eigenvalue weighted by atomic mass is 10.0. The van der Waals surface area contributed by atoms with Crippen LogP contribution in [0.4, 0.5) is 10.5 Å². The van der Waals surface area contributed by atoms with Crippen LogP contribution < -0.4 is 10.1 Å². The minimum absolute atomic E-state index is 0.142. The second-order valence-corrected chi connectivity index (χ2v) is 9.87. The molecule has 1 atom stereocenters. The van der Waals surface area contributed by atoms with E-state index in [9.17, 15) is 9.00 Å². The number of urea groups is 1. The molecule has 1 aliphatic heterocycles. The summed E-state index contributed by atoms with van der Waals surface area (Å²) < 4.78 is 25.9. The molecular weight excluding hydrogens is 404 g/mol. The Kier molecular flexibility index (Phi) is 5.86. The molecule has 0 bridgehead atoms. The highest BCUT2D eigenvalue weighted by atomic mass is 32.2. The average Bonchev–Trinajstić information content (AvgIpc) is 3.27. The smallest absolute Gasteiger partial charge is 0.353 e. The zero-order chi connectivity index (χ0) is 21.4. The molecule has 10 heteroatoms. The predicted octanol–water partition coefficient (Wildman–Crippen LogP) is 3.77. The minimum atomic E-state index is -2.31. The fraction of sp³-hybridized carbons (Fsp3) is 0.650. The normalized spacial score (nSPS) is 17.3. The molecule has 30 heavy (non-hydrogen) atoms. The molecule has 164 valence electrons. The third-order valence-corrected chi connectivity index (χ3v) is 6.47. The Bertz CT molecular complexity index is 1030. The second-order valence-electron chi connectivity index (χ2n) is 8.64. The Balaban J connectivity index is 1.62. The molecule has 2 aromatic rings. The van der Waals surface area contributed by atoms with Crippen LogP contribution >= 0.6 is 0 Å². The van der Waals surface area contributed by atoms with Crippen LogP contribution in [0.15, 0.2) is 15.5 Å². The molecule has 9 nitrogen and oxygen atoms in total. The lowest BCUT2D eigenvalue weighted by Crippen LogP contribution is -2.15. The van der Waals surface area contributed by atoms with Crippen LogP contribution in [-0.2, 0) is 23.7 Å². The number of amides is 2. The Morgan fingerprint density at radius 1 is 1.33 bits per heavy atom. The number of nitrogens with zero attached hydrogens (tertiary/aromatic N) is 5.